The highest BCUT2D eigenvalue weighted by Crippen LogP contribution is 2.22. The van der Waals surface area contributed by atoms with Gasteiger partial charge in [-0.15, -0.1) is 0 Å². The van der Waals surface area contributed by atoms with E-state index in [0.29, 0.717) is 11.6 Å². The number of carbonyl (C=O) groups is 1. The van der Waals surface area contributed by atoms with Crippen molar-refractivity contribution in [3.05, 3.63) is 82.7 Å². The molecule has 0 bridgehead atoms. The maximum atomic E-state index is 12.6. The third-order valence-electron chi connectivity index (χ3n) is 5.05. The van der Waals surface area contributed by atoms with Gasteiger partial charge in [0.05, 0.1) is 0 Å². The van der Waals surface area contributed by atoms with Crippen LogP contribution in [0.25, 0.3) is 0 Å². The summed E-state index contributed by atoms with van der Waals surface area (Å²) in [6, 6.07) is 16.0. The number of aryl methyl sites for hydroxylation is 2. The summed E-state index contributed by atoms with van der Waals surface area (Å²) in [4.78, 5) is 23.6. The number of aromatic nitrogens is 2. The minimum atomic E-state index is -0.223. The first-order valence-electron chi connectivity index (χ1n) is 9.13. The van der Waals surface area contributed by atoms with Crippen LogP contribution in [0.4, 0.5) is 11.6 Å². The van der Waals surface area contributed by atoms with E-state index in [0.717, 1.165) is 30.8 Å². The van der Waals surface area contributed by atoms with Gasteiger partial charge in [-0.25, -0.2) is 9.97 Å². The van der Waals surface area contributed by atoms with Gasteiger partial charge in [0, 0.05) is 25.0 Å². The average molecular weight is 358 g/mol. The van der Waals surface area contributed by atoms with Crippen molar-refractivity contribution in [2.45, 2.75) is 26.8 Å². The van der Waals surface area contributed by atoms with Crippen LogP contribution < -0.4 is 10.2 Å². The van der Waals surface area contributed by atoms with E-state index in [9.17, 15) is 4.79 Å². The predicted octanol–water partition coefficient (Wildman–Crippen LogP) is 3.91. The van der Waals surface area contributed by atoms with Gasteiger partial charge in [0.2, 0.25) is 5.95 Å². The van der Waals surface area contributed by atoms with Crippen molar-refractivity contribution in [1.82, 2.24) is 9.97 Å². The Labute approximate surface area is 159 Å². The first-order valence-corrected chi connectivity index (χ1v) is 9.13. The van der Waals surface area contributed by atoms with Gasteiger partial charge < -0.3 is 10.2 Å². The van der Waals surface area contributed by atoms with E-state index < -0.39 is 0 Å². The molecular formula is C22H22N4O. The van der Waals surface area contributed by atoms with Gasteiger partial charge in [-0.1, -0.05) is 30.3 Å². The highest BCUT2D eigenvalue weighted by Gasteiger charge is 2.19. The number of nitrogens with zero attached hydrogens (tertiary/aromatic N) is 3. The Morgan fingerprint density at radius 1 is 1.04 bits per heavy atom. The Morgan fingerprint density at radius 2 is 1.85 bits per heavy atom. The minimum Gasteiger partial charge on any atom is -0.336 e. The summed E-state index contributed by atoms with van der Waals surface area (Å²) in [5, 5.41) is 2.92. The van der Waals surface area contributed by atoms with Gasteiger partial charge in [-0.2, -0.15) is 0 Å². The molecule has 1 aliphatic heterocycles. The van der Waals surface area contributed by atoms with E-state index in [2.05, 4.69) is 51.4 Å². The van der Waals surface area contributed by atoms with Crippen LogP contribution >= 0.6 is 0 Å². The van der Waals surface area contributed by atoms with Crippen molar-refractivity contribution in [2.75, 3.05) is 16.8 Å². The second-order valence-corrected chi connectivity index (χ2v) is 6.94. The molecule has 1 N–H and O–H groups in total. The molecule has 5 heteroatoms. The Bertz CT molecular complexity index is 999. The van der Waals surface area contributed by atoms with E-state index in [4.69, 9.17) is 0 Å². The van der Waals surface area contributed by atoms with Gasteiger partial charge in [0.1, 0.15) is 5.69 Å². The third kappa shape index (κ3) is 3.67. The number of nitrogens with one attached hydrogen (secondary N) is 1. The number of hydrogen-bond acceptors (Lipinski definition) is 4. The molecule has 3 aromatic rings. The maximum Gasteiger partial charge on any atom is 0.274 e. The van der Waals surface area contributed by atoms with Crippen molar-refractivity contribution < 1.29 is 4.79 Å². The van der Waals surface area contributed by atoms with Crippen molar-refractivity contribution >= 4 is 17.5 Å². The second kappa shape index (κ2) is 7.19. The van der Waals surface area contributed by atoms with E-state index in [1.165, 1.54) is 16.7 Å². The Balaban J connectivity index is 1.52. The summed E-state index contributed by atoms with van der Waals surface area (Å²) in [5.41, 5.74) is 6.15. The molecule has 136 valence electrons. The highest BCUT2D eigenvalue weighted by atomic mass is 16.1. The summed E-state index contributed by atoms with van der Waals surface area (Å²) in [6.07, 6.45) is 2.61. The standard InChI is InChI=1S/C22H22N4O/c1-15-7-8-19(13-16(15)2)24-21(27)20-9-11-23-22(25-20)26-12-10-17-5-3-4-6-18(17)14-26/h3-9,11,13H,10,12,14H2,1-2H3,(H,24,27). The number of hydrogen-bond donors (Lipinski definition) is 1. The fraction of sp³-hybridized carbons (Fsp3) is 0.227. The van der Waals surface area contributed by atoms with Gasteiger partial charge in [-0.3, -0.25) is 4.79 Å². The van der Waals surface area contributed by atoms with Crippen LogP contribution in [0.15, 0.2) is 54.7 Å². The zero-order chi connectivity index (χ0) is 18.8. The Kier molecular flexibility index (Phi) is 4.59. The first-order chi connectivity index (χ1) is 13.1. The summed E-state index contributed by atoms with van der Waals surface area (Å²) in [5.74, 6) is 0.372. The molecule has 0 atom stereocenters. The Hall–Kier alpha value is -3.21. The lowest BCUT2D eigenvalue weighted by Gasteiger charge is -2.28. The molecule has 0 saturated heterocycles. The molecule has 1 aromatic heterocycles. The summed E-state index contributed by atoms with van der Waals surface area (Å²) < 4.78 is 0. The molecule has 0 saturated carbocycles. The topological polar surface area (TPSA) is 58.1 Å². The summed E-state index contributed by atoms with van der Waals surface area (Å²) in [6.45, 7) is 5.69. The lowest BCUT2D eigenvalue weighted by Crippen LogP contribution is -2.32. The number of amides is 1. The SMILES string of the molecule is Cc1ccc(NC(=O)c2ccnc(N3CCc4ccccc4C3)n2)cc1C. The van der Waals surface area contributed by atoms with Crippen LogP contribution in [-0.2, 0) is 13.0 Å². The number of anilines is 2. The number of rotatable bonds is 3. The smallest absolute Gasteiger partial charge is 0.274 e. The Morgan fingerprint density at radius 3 is 2.67 bits per heavy atom. The molecule has 0 fully saturated rings. The predicted molar refractivity (Wildman–Crippen MR) is 107 cm³/mol. The maximum absolute atomic E-state index is 12.6. The van der Waals surface area contributed by atoms with Crippen LogP contribution in [0.1, 0.15) is 32.7 Å². The number of benzene rings is 2. The molecule has 0 spiro atoms. The molecule has 5 nitrogen and oxygen atoms in total. The largest absolute Gasteiger partial charge is 0.336 e. The quantitative estimate of drug-likeness (QED) is 0.771. The highest BCUT2D eigenvalue weighted by molar-refractivity contribution is 6.03. The van der Waals surface area contributed by atoms with Crippen molar-refractivity contribution in [3.8, 4) is 0 Å². The third-order valence-corrected chi connectivity index (χ3v) is 5.05. The number of carbonyl (C=O) groups excluding carboxylic acids is 1. The van der Waals surface area contributed by atoms with Crippen molar-refractivity contribution in [1.29, 1.82) is 0 Å². The first kappa shape index (κ1) is 17.2. The summed E-state index contributed by atoms with van der Waals surface area (Å²) >= 11 is 0. The molecule has 27 heavy (non-hydrogen) atoms. The molecule has 0 unspecified atom stereocenters. The van der Waals surface area contributed by atoms with Crippen molar-refractivity contribution in [3.63, 3.8) is 0 Å². The molecule has 4 rings (SSSR count). The van der Waals surface area contributed by atoms with Crippen molar-refractivity contribution in [2.24, 2.45) is 0 Å². The van der Waals surface area contributed by atoms with E-state index in [-0.39, 0.29) is 5.91 Å². The molecule has 0 aliphatic carbocycles. The zero-order valence-electron chi connectivity index (χ0n) is 15.6. The lowest BCUT2D eigenvalue weighted by atomic mass is 10.0. The molecule has 2 aromatic carbocycles. The second-order valence-electron chi connectivity index (χ2n) is 6.94. The number of fused-ring (bicyclic) bond motifs is 1. The fourth-order valence-electron chi connectivity index (χ4n) is 3.31. The minimum absolute atomic E-state index is 0.223. The zero-order valence-corrected chi connectivity index (χ0v) is 15.6. The average Bonchev–Trinajstić information content (AvgIpc) is 2.70. The van der Waals surface area contributed by atoms with Crippen LogP contribution in [0.3, 0.4) is 0 Å². The van der Waals surface area contributed by atoms with Gasteiger partial charge >= 0.3 is 0 Å². The van der Waals surface area contributed by atoms with E-state index in [1.54, 1.807) is 12.3 Å². The van der Waals surface area contributed by atoms with Crippen LogP contribution in [0.2, 0.25) is 0 Å². The lowest BCUT2D eigenvalue weighted by molar-refractivity contribution is 0.102. The molecule has 2 heterocycles. The van der Waals surface area contributed by atoms with Crippen LogP contribution in [0, 0.1) is 13.8 Å². The van der Waals surface area contributed by atoms with Crippen LogP contribution in [0.5, 0.6) is 0 Å². The van der Waals surface area contributed by atoms with Crippen LogP contribution in [-0.4, -0.2) is 22.4 Å². The molecule has 1 amide bonds. The van der Waals surface area contributed by atoms with E-state index in [1.807, 2.05) is 25.1 Å². The van der Waals surface area contributed by atoms with Gasteiger partial charge in [0.25, 0.3) is 5.91 Å². The fourth-order valence-corrected chi connectivity index (χ4v) is 3.31. The molecular weight excluding hydrogens is 336 g/mol. The van der Waals surface area contributed by atoms with Gasteiger partial charge in [-0.05, 0) is 60.7 Å². The van der Waals surface area contributed by atoms with Gasteiger partial charge in [0.15, 0.2) is 0 Å². The summed E-state index contributed by atoms with van der Waals surface area (Å²) in [7, 11) is 0. The monoisotopic (exact) mass is 358 g/mol. The molecule has 0 radical (unpaired) electrons. The van der Waals surface area contributed by atoms with E-state index >= 15 is 0 Å². The normalized spacial score (nSPS) is 13.2. The molecule has 1 aliphatic rings.